The number of hydrogen-bond donors (Lipinski definition) is 2. The van der Waals surface area contributed by atoms with Crippen molar-refractivity contribution in [1.29, 1.82) is 0 Å². The van der Waals surface area contributed by atoms with Crippen LogP contribution < -0.4 is 5.32 Å². The van der Waals surface area contributed by atoms with E-state index in [-0.39, 0.29) is 5.91 Å². The van der Waals surface area contributed by atoms with E-state index >= 15 is 0 Å². The van der Waals surface area contributed by atoms with Crippen LogP contribution in [-0.4, -0.2) is 11.0 Å². The molecule has 0 aliphatic carbocycles. The van der Waals surface area contributed by atoms with Crippen LogP contribution in [0.25, 0.3) is 0 Å². The number of hydrogen-bond acceptors (Lipinski definition) is 2. The van der Waals surface area contributed by atoms with Crippen LogP contribution in [0.1, 0.15) is 33.2 Å². The highest BCUT2D eigenvalue weighted by atomic mass is 16.3. The maximum Gasteiger partial charge on any atom is 0.255 e. The second-order valence-electron chi connectivity index (χ2n) is 5.72. The van der Waals surface area contributed by atoms with Gasteiger partial charge in [-0.1, -0.05) is 66.2 Å². The van der Waals surface area contributed by atoms with Crippen LogP contribution in [0.4, 0.5) is 5.69 Å². The molecule has 120 valence electrons. The van der Waals surface area contributed by atoms with Crippen molar-refractivity contribution in [2.45, 2.75) is 13.0 Å². The van der Waals surface area contributed by atoms with Gasteiger partial charge < -0.3 is 10.4 Å². The fourth-order valence-corrected chi connectivity index (χ4v) is 2.56. The molecule has 0 saturated carbocycles. The summed E-state index contributed by atoms with van der Waals surface area (Å²) < 4.78 is 0. The van der Waals surface area contributed by atoms with Crippen molar-refractivity contribution >= 4 is 11.6 Å². The van der Waals surface area contributed by atoms with E-state index in [4.69, 9.17) is 0 Å². The monoisotopic (exact) mass is 317 g/mol. The third-order valence-corrected chi connectivity index (χ3v) is 3.93. The fourth-order valence-electron chi connectivity index (χ4n) is 2.56. The molecular weight excluding hydrogens is 298 g/mol. The highest BCUT2D eigenvalue weighted by molar-refractivity contribution is 6.04. The molecule has 3 rings (SSSR count). The molecule has 3 nitrogen and oxygen atoms in total. The van der Waals surface area contributed by atoms with Crippen molar-refractivity contribution < 1.29 is 9.90 Å². The number of rotatable bonds is 4. The number of anilines is 1. The zero-order valence-electron chi connectivity index (χ0n) is 13.4. The smallest absolute Gasteiger partial charge is 0.255 e. The minimum Gasteiger partial charge on any atom is -0.384 e. The molecule has 1 atom stereocenters. The summed E-state index contributed by atoms with van der Waals surface area (Å²) in [6, 6.07) is 24.1. The molecule has 0 spiro atoms. The van der Waals surface area contributed by atoms with E-state index in [2.05, 4.69) is 5.32 Å². The SMILES string of the molecule is Cc1ccc(C(=O)Nc2ccccc2[C@H](O)c2ccccc2)cc1. The first kappa shape index (κ1) is 16.0. The zero-order chi connectivity index (χ0) is 16.9. The predicted molar refractivity (Wildman–Crippen MR) is 96.1 cm³/mol. The van der Waals surface area contributed by atoms with Crippen LogP contribution in [0.15, 0.2) is 78.9 Å². The van der Waals surface area contributed by atoms with Crippen LogP contribution in [-0.2, 0) is 0 Å². The molecule has 3 heteroatoms. The van der Waals surface area contributed by atoms with E-state index in [1.165, 1.54) is 0 Å². The minimum absolute atomic E-state index is 0.192. The summed E-state index contributed by atoms with van der Waals surface area (Å²) in [5, 5.41) is 13.5. The van der Waals surface area contributed by atoms with Gasteiger partial charge in [0.15, 0.2) is 0 Å². The van der Waals surface area contributed by atoms with Gasteiger partial charge in [0.05, 0.1) is 0 Å². The molecule has 0 aliphatic rings. The molecule has 3 aromatic carbocycles. The van der Waals surface area contributed by atoms with Crippen molar-refractivity contribution in [1.82, 2.24) is 0 Å². The first-order chi connectivity index (χ1) is 11.6. The summed E-state index contributed by atoms with van der Waals surface area (Å²) in [5.41, 5.74) is 3.76. The Hall–Kier alpha value is -2.91. The van der Waals surface area contributed by atoms with Gasteiger partial charge in [0.25, 0.3) is 5.91 Å². The van der Waals surface area contributed by atoms with E-state index in [1.807, 2.05) is 67.6 Å². The lowest BCUT2D eigenvalue weighted by atomic mass is 9.99. The quantitative estimate of drug-likeness (QED) is 0.752. The number of aryl methyl sites for hydroxylation is 1. The van der Waals surface area contributed by atoms with Crippen LogP contribution in [0.2, 0.25) is 0 Å². The van der Waals surface area contributed by atoms with Gasteiger partial charge in [-0.3, -0.25) is 4.79 Å². The van der Waals surface area contributed by atoms with Gasteiger partial charge in [0.1, 0.15) is 6.10 Å². The van der Waals surface area contributed by atoms with E-state index in [9.17, 15) is 9.90 Å². The first-order valence-corrected chi connectivity index (χ1v) is 7.85. The molecule has 0 fully saturated rings. The summed E-state index contributed by atoms with van der Waals surface area (Å²) in [5.74, 6) is -0.192. The van der Waals surface area contributed by atoms with Crippen LogP contribution in [0, 0.1) is 6.92 Å². The topological polar surface area (TPSA) is 49.3 Å². The van der Waals surface area contributed by atoms with Gasteiger partial charge >= 0.3 is 0 Å². The number of amides is 1. The third-order valence-electron chi connectivity index (χ3n) is 3.93. The number of carbonyl (C=O) groups is 1. The summed E-state index contributed by atoms with van der Waals surface area (Å²) in [6.45, 7) is 1.98. The molecule has 3 aromatic rings. The predicted octanol–water partition coefficient (Wildman–Crippen LogP) is 4.33. The maximum atomic E-state index is 12.4. The lowest BCUT2D eigenvalue weighted by Gasteiger charge is -2.16. The average Bonchev–Trinajstić information content (AvgIpc) is 2.63. The van der Waals surface area contributed by atoms with Crippen LogP contribution in [0.3, 0.4) is 0 Å². The van der Waals surface area contributed by atoms with Crippen molar-refractivity contribution in [2.75, 3.05) is 5.32 Å². The molecular formula is C21H19NO2. The van der Waals surface area contributed by atoms with Gasteiger partial charge in [-0.25, -0.2) is 0 Å². The first-order valence-electron chi connectivity index (χ1n) is 7.85. The second kappa shape index (κ2) is 7.11. The van der Waals surface area contributed by atoms with E-state index in [0.717, 1.165) is 11.1 Å². The second-order valence-corrected chi connectivity index (χ2v) is 5.72. The summed E-state index contributed by atoms with van der Waals surface area (Å²) in [4.78, 5) is 12.4. The Morgan fingerprint density at radius 1 is 0.875 bits per heavy atom. The van der Waals surface area contributed by atoms with Crippen molar-refractivity contribution in [3.63, 3.8) is 0 Å². The molecule has 0 radical (unpaired) electrons. The Morgan fingerprint density at radius 2 is 1.50 bits per heavy atom. The lowest BCUT2D eigenvalue weighted by molar-refractivity contribution is 0.102. The molecule has 0 bridgehead atoms. The Balaban J connectivity index is 1.87. The highest BCUT2D eigenvalue weighted by Gasteiger charge is 2.16. The van der Waals surface area contributed by atoms with Crippen LogP contribution >= 0.6 is 0 Å². The number of para-hydroxylation sites is 1. The Labute approximate surface area is 141 Å². The van der Waals surface area contributed by atoms with Gasteiger partial charge in [-0.15, -0.1) is 0 Å². The minimum atomic E-state index is -0.791. The summed E-state index contributed by atoms with van der Waals surface area (Å²) >= 11 is 0. The average molecular weight is 317 g/mol. The molecule has 0 heterocycles. The number of aliphatic hydroxyl groups is 1. The summed E-state index contributed by atoms with van der Waals surface area (Å²) in [6.07, 6.45) is -0.791. The maximum absolute atomic E-state index is 12.4. The Bertz CT molecular complexity index is 826. The number of carbonyl (C=O) groups excluding carboxylic acids is 1. The van der Waals surface area contributed by atoms with Gasteiger partial charge in [-0.05, 0) is 30.7 Å². The fraction of sp³-hybridized carbons (Fsp3) is 0.0952. The van der Waals surface area contributed by atoms with Crippen molar-refractivity contribution in [2.24, 2.45) is 0 Å². The van der Waals surface area contributed by atoms with Crippen LogP contribution in [0.5, 0.6) is 0 Å². The molecule has 0 aromatic heterocycles. The molecule has 0 unspecified atom stereocenters. The zero-order valence-corrected chi connectivity index (χ0v) is 13.4. The van der Waals surface area contributed by atoms with E-state index in [1.54, 1.807) is 18.2 Å². The van der Waals surface area contributed by atoms with Gasteiger partial charge in [0, 0.05) is 16.8 Å². The lowest BCUT2D eigenvalue weighted by Crippen LogP contribution is -2.14. The molecule has 24 heavy (non-hydrogen) atoms. The molecule has 2 N–H and O–H groups in total. The largest absolute Gasteiger partial charge is 0.384 e. The summed E-state index contributed by atoms with van der Waals surface area (Å²) in [7, 11) is 0. The Kier molecular flexibility index (Phi) is 4.73. The normalized spacial score (nSPS) is 11.8. The third kappa shape index (κ3) is 3.53. The Morgan fingerprint density at radius 3 is 2.21 bits per heavy atom. The molecule has 1 amide bonds. The van der Waals surface area contributed by atoms with E-state index in [0.29, 0.717) is 16.8 Å². The number of nitrogens with one attached hydrogen (secondary N) is 1. The number of aliphatic hydroxyl groups excluding tert-OH is 1. The highest BCUT2D eigenvalue weighted by Crippen LogP contribution is 2.28. The van der Waals surface area contributed by atoms with Crippen molar-refractivity contribution in [3.05, 3.63) is 101 Å². The molecule has 0 saturated heterocycles. The van der Waals surface area contributed by atoms with Gasteiger partial charge in [-0.2, -0.15) is 0 Å². The number of benzene rings is 3. The van der Waals surface area contributed by atoms with Gasteiger partial charge in [0.2, 0.25) is 0 Å². The van der Waals surface area contributed by atoms with Crippen molar-refractivity contribution in [3.8, 4) is 0 Å². The van der Waals surface area contributed by atoms with E-state index < -0.39 is 6.10 Å². The molecule has 0 aliphatic heterocycles. The standard InChI is InChI=1S/C21H19NO2/c1-15-11-13-17(14-12-15)21(24)22-19-10-6-5-9-18(19)20(23)16-7-3-2-4-8-16/h2-14,20,23H,1H3,(H,22,24)/t20-/m1/s1.